The first-order valence-corrected chi connectivity index (χ1v) is 12.2. The number of amides is 2. The normalized spacial score (nSPS) is 18.3. The molecule has 4 rings (SSSR count). The van der Waals surface area contributed by atoms with Crippen molar-refractivity contribution in [3.05, 3.63) is 59.2 Å². The average molecular weight is 442 g/mol. The molecule has 2 aromatic rings. The van der Waals surface area contributed by atoms with Crippen molar-refractivity contribution in [2.24, 2.45) is 0 Å². The zero-order chi connectivity index (χ0) is 22.0. The molecule has 0 unspecified atom stereocenters. The van der Waals surface area contributed by atoms with E-state index in [-0.39, 0.29) is 17.6 Å². The monoisotopic (exact) mass is 441 g/mol. The van der Waals surface area contributed by atoms with Crippen molar-refractivity contribution in [2.75, 3.05) is 28.0 Å². The largest absolute Gasteiger partial charge is 0.348 e. The molecule has 31 heavy (non-hydrogen) atoms. The molecule has 0 aromatic heterocycles. The lowest BCUT2D eigenvalue weighted by Crippen LogP contribution is -2.38. The fraction of sp³-hybridized carbons (Fsp3) is 0.391. The summed E-state index contributed by atoms with van der Waals surface area (Å²) in [6, 6.07) is 12.8. The first-order chi connectivity index (χ1) is 14.8. The Kier molecular flexibility index (Phi) is 6.00. The Morgan fingerprint density at radius 3 is 2.65 bits per heavy atom. The fourth-order valence-electron chi connectivity index (χ4n) is 4.12. The van der Waals surface area contributed by atoms with Crippen LogP contribution < -0.4 is 14.5 Å². The Morgan fingerprint density at radius 1 is 1.06 bits per heavy atom. The zero-order valence-electron chi connectivity index (χ0n) is 17.6. The molecule has 2 saturated heterocycles. The van der Waals surface area contributed by atoms with E-state index in [1.165, 1.54) is 4.31 Å². The van der Waals surface area contributed by atoms with Gasteiger partial charge >= 0.3 is 0 Å². The highest BCUT2D eigenvalue weighted by Crippen LogP contribution is 2.28. The van der Waals surface area contributed by atoms with Crippen LogP contribution in [0.1, 0.15) is 47.2 Å². The summed E-state index contributed by atoms with van der Waals surface area (Å²) in [5.41, 5.74) is 3.57. The number of rotatable bonds is 5. The summed E-state index contributed by atoms with van der Waals surface area (Å²) >= 11 is 0. The Bertz CT molecular complexity index is 1110. The number of nitrogens with zero attached hydrogens (tertiary/aromatic N) is 2. The highest BCUT2D eigenvalue weighted by Gasteiger charge is 2.27. The molecular weight excluding hydrogens is 414 g/mol. The molecule has 2 aromatic carbocycles. The number of hydrogen-bond donors (Lipinski definition) is 1. The highest BCUT2D eigenvalue weighted by atomic mass is 32.2. The molecule has 1 N–H and O–H groups in total. The molecule has 0 aliphatic carbocycles. The second-order valence-electron chi connectivity index (χ2n) is 8.10. The van der Waals surface area contributed by atoms with Gasteiger partial charge in [-0.05, 0) is 61.6 Å². The van der Waals surface area contributed by atoms with Gasteiger partial charge in [-0.1, -0.05) is 18.2 Å². The van der Waals surface area contributed by atoms with Crippen LogP contribution in [0.25, 0.3) is 0 Å². The Hall–Kier alpha value is -2.87. The molecule has 164 valence electrons. The topological polar surface area (TPSA) is 86.8 Å². The second kappa shape index (κ2) is 8.70. The van der Waals surface area contributed by atoms with Gasteiger partial charge in [0.2, 0.25) is 15.9 Å². The van der Waals surface area contributed by atoms with Crippen LogP contribution in [-0.2, 0) is 21.4 Å². The average Bonchev–Trinajstić information content (AvgIpc) is 3.18. The predicted molar refractivity (Wildman–Crippen MR) is 121 cm³/mol. The van der Waals surface area contributed by atoms with E-state index in [0.29, 0.717) is 37.2 Å². The SMILES string of the molecule is Cc1ccc(C(=O)NCc2cccc(N3CCCC3=O)c2)cc1N1CCCCS1(=O)=O. The smallest absolute Gasteiger partial charge is 0.251 e. The van der Waals surface area contributed by atoms with Gasteiger partial charge in [0.15, 0.2) is 0 Å². The number of nitrogens with one attached hydrogen (secondary N) is 1. The third-order valence-electron chi connectivity index (χ3n) is 5.84. The third kappa shape index (κ3) is 4.58. The maximum absolute atomic E-state index is 12.8. The van der Waals surface area contributed by atoms with Crippen LogP contribution in [0.4, 0.5) is 11.4 Å². The van der Waals surface area contributed by atoms with Gasteiger partial charge in [-0.15, -0.1) is 0 Å². The summed E-state index contributed by atoms with van der Waals surface area (Å²) in [5, 5.41) is 2.90. The van der Waals surface area contributed by atoms with Crippen molar-refractivity contribution in [2.45, 2.75) is 39.2 Å². The van der Waals surface area contributed by atoms with Gasteiger partial charge in [0, 0.05) is 37.3 Å². The fourth-order valence-corrected chi connectivity index (χ4v) is 5.81. The van der Waals surface area contributed by atoms with Crippen LogP contribution in [0.5, 0.6) is 0 Å². The maximum Gasteiger partial charge on any atom is 0.251 e. The third-order valence-corrected chi connectivity index (χ3v) is 7.69. The van der Waals surface area contributed by atoms with E-state index in [9.17, 15) is 18.0 Å². The molecule has 0 spiro atoms. The van der Waals surface area contributed by atoms with Crippen LogP contribution >= 0.6 is 0 Å². The number of benzene rings is 2. The minimum absolute atomic E-state index is 0.126. The summed E-state index contributed by atoms with van der Waals surface area (Å²) in [7, 11) is -3.34. The number of carbonyl (C=O) groups is 2. The standard InChI is InChI=1S/C23H27N3O4S/c1-17-9-10-19(15-21(17)26-12-2-3-13-31(26,29)30)23(28)24-16-18-6-4-7-20(14-18)25-11-5-8-22(25)27/h4,6-7,9-10,14-15H,2-3,5,8,11-13,16H2,1H3,(H,24,28). The van der Waals surface area contributed by atoms with Crippen molar-refractivity contribution in [3.63, 3.8) is 0 Å². The van der Waals surface area contributed by atoms with Crippen molar-refractivity contribution in [3.8, 4) is 0 Å². The lowest BCUT2D eigenvalue weighted by Gasteiger charge is -2.29. The Morgan fingerprint density at radius 2 is 1.90 bits per heavy atom. The van der Waals surface area contributed by atoms with Crippen LogP contribution in [0.15, 0.2) is 42.5 Å². The minimum atomic E-state index is -3.34. The van der Waals surface area contributed by atoms with Gasteiger partial charge in [0.05, 0.1) is 11.4 Å². The van der Waals surface area contributed by atoms with Gasteiger partial charge in [-0.3, -0.25) is 13.9 Å². The summed E-state index contributed by atoms with van der Waals surface area (Å²) in [4.78, 5) is 26.5. The minimum Gasteiger partial charge on any atom is -0.348 e. The second-order valence-corrected chi connectivity index (χ2v) is 10.1. The van der Waals surface area contributed by atoms with Crippen molar-refractivity contribution in [1.29, 1.82) is 0 Å². The lowest BCUT2D eigenvalue weighted by atomic mass is 10.1. The molecule has 0 radical (unpaired) electrons. The highest BCUT2D eigenvalue weighted by molar-refractivity contribution is 7.92. The summed E-state index contributed by atoms with van der Waals surface area (Å²) in [6.45, 7) is 3.34. The van der Waals surface area contributed by atoms with Crippen LogP contribution in [0, 0.1) is 6.92 Å². The molecular formula is C23H27N3O4S. The van der Waals surface area contributed by atoms with Gasteiger partial charge in [0.25, 0.3) is 5.91 Å². The molecule has 0 saturated carbocycles. The van der Waals surface area contributed by atoms with E-state index < -0.39 is 10.0 Å². The number of aryl methyl sites for hydroxylation is 1. The molecule has 2 fully saturated rings. The summed E-state index contributed by atoms with van der Waals surface area (Å²) < 4.78 is 26.4. The molecule has 0 atom stereocenters. The van der Waals surface area contributed by atoms with E-state index in [4.69, 9.17) is 0 Å². The number of sulfonamides is 1. The first kappa shape index (κ1) is 21.4. The first-order valence-electron chi connectivity index (χ1n) is 10.6. The molecule has 2 aliphatic heterocycles. The number of hydrogen-bond acceptors (Lipinski definition) is 4. The zero-order valence-corrected chi connectivity index (χ0v) is 18.5. The molecule has 2 amide bonds. The van der Waals surface area contributed by atoms with E-state index in [0.717, 1.165) is 36.2 Å². The van der Waals surface area contributed by atoms with Crippen molar-refractivity contribution >= 4 is 33.2 Å². The lowest BCUT2D eigenvalue weighted by molar-refractivity contribution is -0.117. The van der Waals surface area contributed by atoms with Crippen LogP contribution in [0.3, 0.4) is 0 Å². The number of carbonyl (C=O) groups excluding carboxylic acids is 2. The quantitative estimate of drug-likeness (QED) is 0.773. The van der Waals surface area contributed by atoms with Crippen molar-refractivity contribution < 1.29 is 18.0 Å². The van der Waals surface area contributed by atoms with E-state index >= 15 is 0 Å². The Balaban J connectivity index is 1.48. The van der Waals surface area contributed by atoms with Gasteiger partial charge < -0.3 is 10.2 Å². The molecule has 2 heterocycles. The van der Waals surface area contributed by atoms with E-state index in [1.807, 2.05) is 31.2 Å². The van der Waals surface area contributed by atoms with E-state index in [1.54, 1.807) is 23.1 Å². The van der Waals surface area contributed by atoms with Gasteiger partial charge in [-0.2, -0.15) is 0 Å². The van der Waals surface area contributed by atoms with Gasteiger partial charge in [-0.25, -0.2) is 8.42 Å². The van der Waals surface area contributed by atoms with Crippen LogP contribution in [0.2, 0.25) is 0 Å². The van der Waals surface area contributed by atoms with E-state index in [2.05, 4.69) is 5.32 Å². The predicted octanol–water partition coefficient (Wildman–Crippen LogP) is 2.98. The molecule has 7 nitrogen and oxygen atoms in total. The summed E-state index contributed by atoms with van der Waals surface area (Å²) in [5.74, 6) is -0.00187. The molecule has 8 heteroatoms. The Labute approximate surface area is 183 Å². The molecule has 2 aliphatic rings. The summed E-state index contributed by atoms with van der Waals surface area (Å²) in [6.07, 6.45) is 2.91. The molecule has 0 bridgehead atoms. The van der Waals surface area contributed by atoms with Crippen molar-refractivity contribution in [1.82, 2.24) is 5.32 Å². The van der Waals surface area contributed by atoms with Gasteiger partial charge in [0.1, 0.15) is 0 Å². The maximum atomic E-state index is 12.8. The van der Waals surface area contributed by atoms with Crippen LogP contribution in [-0.4, -0.2) is 39.1 Å². The number of anilines is 2.